The van der Waals surface area contributed by atoms with Gasteiger partial charge in [0.2, 0.25) is 11.9 Å². The van der Waals surface area contributed by atoms with Crippen LogP contribution >= 0.6 is 0 Å². The largest absolute Gasteiger partial charge is 0.387 e. The van der Waals surface area contributed by atoms with Crippen LogP contribution in [0.4, 0.5) is 11.8 Å². The summed E-state index contributed by atoms with van der Waals surface area (Å²) in [7, 11) is 0. The topological polar surface area (TPSA) is 104 Å². The van der Waals surface area contributed by atoms with Gasteiger partial charge in [0.25, 0.3) is 0 Å². The number of rotatable bonds is 4. The Kier molecular flexibility index (Phi) is 3.43. The second-order valence-electron chi connectivity index (χ2n) is 5.52. The van der Waals surface area contributed by atoms with E-state index < -0.39 is 6.61 Å². The summed E-state index contributed by atoms with van der Waals surface area (Å²) in [5.74, 6) is 1.79. The Hall–Kier alpha value is -1.89. The summed E-state index contributed by atoms with van der Waals surface area (Å²) in [6, 6.07) is 1.70. The van der Waals surface area contributed by atoms with Gasteiger partial charge in [-0.1, -0.05) is 0 Å². The average molecular weight is 277 g/mol. The van der Waals surface area contributed by atoms with Crippen LogP contribution in [0.25, 0.3) is 0 Å². The van der Waals surface area contributed by atoms with Crippen LogP contribution in [0.15, 0.2) is 12.3 Å². The zero-order valence-corrected chi connectivity index (χ0v) is 11.2. The summed E-state index contributed by atoms with van der Waals surface area (Å²) in [5, 5.41) is 11.8. The van der Waals surface area contributed by atoms with Gasteiger partial charge in [-0.2, -0.15) is 4.98 Å². The van der Waals surface area contributed by atoms with Crippen molar-refractivity contribution >= 4 is 17.7 Å². The molecule has 2 fully saturated rings. The number of nitrogen functional groups attached to an aromatic ring is 1. The summed E-state index contributed by atoms with van der Waals surface area (Å²) in [5.41, 5.74) is 5.69. The van der Waals surface area contributed by atoms with Gasteiger partial charge >= 0.3 is 0 Å². The molecule has 1 saturated carbocycles. The van der Waals surface area contributed by atoms with Crippen LogP contribution < -0.4 is 16.0 Å². The molecule has 1 aliphatic carbocycles. The molecule has 2 heterocycles. The normalized spacial score (nSPS) is 25.8. The Morgan fingerprint density at radius 2 is 2.30 bits per heavy atom. The molecule has 1 aromatic rings. The molecule has 1 aliphatic heterocycles. The van der Waals surface area contributed by atoms with E-state index in [1.807, 2.05) is 0 Å². The zero-order valence-electron chi connectivity index (χ0n) is 11.2. The number of aliphatic hydroxyl groups is 1. The number of carbonyl (C=O) groups excluding carboxylic acids is 1. The smallest absolute Gasteiger partial charge is 0.245 e. The molecule has 3 rings (SSSR count). The molecule has 108 valence electrons. The van der Waals surface area contributed by atoms with Gasteiger partial charge in [-0.05, 0) is 24.8 Å². The molecule has 20 heavy (non-hydrogen) atoms. The number of hydrogen-bond donors (Lipinski definition) is 3. The first-order chi connectivity index (χ1) is 9.67. The Morgan fingerprint density at radius 3 is 2.95 bits per heavy atom. The molecule has 7 heteroatoms. The van der Waals surface area contributed by atoms with Crippen molar-refractivity contribution in [2.75, 3.05) is 30.3 Å². The van der Waals surface area contributed by atoms with Gasteiger partial charge in [0.05, 0.1) is 6.04 Å². The first kappa shape index (κ1) is 13.1. The summed E-state index contributed by atoms with van der Waals surface area (Å²) < 4.78 is 0. The van der Waals surface area contributed by atoms with Crippen molar-refractivity contribution in [2.24, 2.45) is 11.8 Å². The van der Waals surface area contributed by atoms with E-state index in [2.05, 4.69) is 20.2 Å². The maximum absolute atomic E-state index is 11.4. The van der Waals surface area contributed by atoms with Gasteiger partial charge in [0.15, 0.2) is 0 Å². The minimum Gasteiger partial charge on any atom is -0.387 e. The fourth-order valence-corrected chi connectivity index (χ4v) is 2.91. The highest BCUT2D eigenvalue weighted by Crippen LogP contribution is 2.42. The molecule has 0 aromatic carbocycles. The van der Waals surface area contributed by atoms with Gasteiger partial charge in [-0.15, -0.1) is 0 Å². The minimum atomic E-state index is -0.470. The molecule has 0 radical (unpaired) electrons. The van der Waals surface area contributed by atoms with Crippen molar-refractivity contribution in [1.82, 2.24) is 15.3 Å². The quantitative estimate of drug-likeness (QED) is 0.677. The lowest BCUT2D eigenvalue weighted by molar-refractivity contribution is -0.124. The highest BCUT2D eigenvalue weighted by molar-refractivity contribution is 5.77. The highest BCUT2D eigenvalue weighted by Gasteiger charge is 2.43. The number of anilines is 2. The molecule has 0 bridgehead atoms. The lowest BCUT2D eigenvalue weighted by atomic mass is 9.98. The van der Waals surface area contributed by atoms with Gasteiger partial charge < -0.3 is 21.1 Å². The SMILES string of the molecule is Nc1ccnc(N2C[C@H](NC(=O)CO)[C@@H](C3CC3)C2)n1. The van der Waals surface area contributed by atoms with E-state index in [9.17, 15) is 4.79 Å². The fourth-order valence-electron chi connectivity index (χ4n) is 2.91. The van der Waals surface area contributed by atoms with Crippen molar-refractivity contribution in [2.45, 2.75) is 18.9 Å². The monoisotopic (exact) mass is 277 g/mol. The number of amides is 1. The molecule has 2 aliphatic rings. The van der Waals surface area contributed by atoms with Crippen LogP contribution in [0.3, 0.4) is 0 Å². The molecule has 7 nitrogen and oxygen atoms in total. The second-order valence-corrected chi connectivity index (χ2v) is 5.52. The average Bonchev–Trinajstić information content (AvgIpc) is 3.20. The standard InChI is InChI=1S/C13H19N5O2/c14-11-3-4-15-13(17-11)18-5-9(8-1-2-8)10(6-18)16-12(20)7-19/h3-4,8-10,19H,1-2,5-7H2,(H,16,20)(H2,14,15,17)/t9-,10+/m1/s1. The second kappa shape index (κ2) is 5.24. The predicted molar refractivity (Wildman–Crippen MR) is 73.9 cm³/mol. The summed E-state index contributed by atoms with van der Waals surface area (Å²) in [6.07, 6.45) is 4.06. The maximum Gasteiger partial charge on any atom is 0.245 e. The Morgan fingerprint density at radius 1 is 1.50 bits per heavy atom. The number of hydrogen-bond acceptors (Lipinski definition) is 6. The number of carbonyl (C=O) groups is 1. The Bertz CT molecular complexity index is 505. The molecule has 1 saturated heterocycles. The summed E-state index contributed by atoms with van der Waals surface area (Å²) in [6.45, 7) is 1.02. The Labute approximate surface area is 117 Å². The van der Waals surface area contributed by atoms with E-state index in [-0.39, 0.29) is 11.9 Å². The highest BCUT2D eigenvalue weighted by atomic mass is 16.3. The molecule has 0 spiro atoms. The van der Waals surface area contributed by atoms with Gasteiger partial charge in [-0.25, -0.2) is 4.98 Å². The van der Waals surface area contributed by atoms with E-state index in [1.54, 1.807) is 12.3 Å². The summed E-state index contributed by atoms with van der Waals surface area (Å²) >= 11 is 0. The van der Waals surface area contributed by atoms with Crippen LogP contribution in [0.5, 0.6) is 0 Å². The predicted octanol–water partition coefficient (Wildman–Crippen LogP) is -0.618. The fraction of sp³-hybridized carbons (Fsp3) is 0.615. The molecule has 1 aromatic heterocycles. The van der Waals surface area contributed by atoms with Crippen LogP contribution in [0.2, 0.25) is 0 Å². The van der Waals surface area contributed by atoms with Crippen molar-refractivity contribution in [1.29, 1.82) is 0 Å². The molecular formula is C13H19N5O2. The van der Waals surface area contributed by atoms with E-state index in [4.69, 9.17) is 10.8 Å². The zero-order chi connectivity index (χ0) is 14.1. The molecule has 4 N–H and O–H groups in total. The molecule has 2 atom stereocenters. The van der Waals surface area contributed by atoms with Gasteiger partial charge in [-0.3, -0.25) is 4.79 Å². The van der Waals surface area contributed by atoms with Crippen molar-refractivity contribution in [3.8, 4) is 0 Å². The van der Waals surface area contributed by atoms with E-state index in [1.165, 1.54) is 12.8 Å². The number of nitrogens with two attached hydrogens (primary N) is 1. The Balaban J connectivity index is 1.73. The lowest BCUT2D eigenvalue weighted by Crippen LogP contribution is -2.42. The lowest BCUT2D eigenvalue weighted by Gasteiger charge is -2.18. The molecule has 1 amide bonds. The van der Waals surface area contributed by atoms with Crippen LogP contribution in [0.1, 0.15) is 12.8 Å². The van der Waals surface area contributed by atoms with E-state index >= 15 is 0 Å². The van der Waals surface area contributed by atoms with E-state index in [0.29, 0.717) is 30.1 Å². The first-order valence-corrected chi connectivity index (χ1v) is 6.91. The van der Waals surface area contributed by atoms with Gasteiger partial charge in [0.1, 0.15) is 12.4 Å². The van der Waals surface area contributed by atoms with Crippen molar-refractivity contribution in [3.63, 3.8) is 0 Å². The number of aromatic nitrogens is 2. The molecule has 0 unspecified atom stereocenters. The van der Waals surface area contributed by atoms with Crippen LogP contribution in [-0.2, 0) is 4.79 Å². The third-order valence-corrected chi connectivity index (χ3v) is 4.03. The van der Waals surface area contributed by atoms with Crippen molar-refractivity contribution in [3.05, 3.63) is 12.3 Å². The number of aliphatic hydroxyl groups excluding tert-OH is 1. The summed E-state index contributed by atoms with van der Waals surface area (Å²) in [4.78, 5) is 22.0. The maximum atomic E-state index is 11.4. The third-order valence-electron chi connectivity index (χ3n) is 4.03. The third kappa shape index (κ3) is 2.67. The number of nitrogens with one attached hydrogen (secondary N) is 1. The molecular weight excluding hydrogens is 258 g/mol. The van der Waals surface area contributed by atoms with Crippen molar-refractivity contribution < 1.29 is 9.90 Å². The minimum absolute atomic E-state index is 0.0483. The van der Waals surface area contributed by atoms with E-state index in [0.717, 1.165) is 6.54 Å². The number of nitrogens with zero attached hydrogens (tertiary/aromatic N) is 3. The van der Waals surface area contributed by atoms with Crippen LogP contribution in [0, 0.1) is 11.8 Å². The van der Waals surface area contributed by atoms with Crippen LogP contribution in [-0.4, -0.2) is 46.7 Å². The van der Waals surface area contributed by atoms with Gasteiger partial charge in [0, 0.05) is 25.2 Å². The first-order valence-electron chi connectivity index (χ1n) is 6.91.